The SMILES string of the molecule is CN(c1ccc(N)cc1)c1ccnc2[nH]ccc12. The Bertz CT molecular complexity index is 670. The molecule has 0 aliphatic rings. The number of nitrogens with one attached hydrogen (secondary N) is 1. The molecule has 0 radical (unpaired) electrons. The molecule has 0 unspecified atom stereocenters. The summed E-state index contributed by atoms with van der Waals surface area (Å²) in [6.45, 7) is 0. The molecule has 0 aliphatic heterocycles. The number of aromatic amines is 1. The molecule has 0 bridgehead atoms. The Morgan fingerprint density at radius 2 is 1.89 bits per heavy atom. The highest BCUT2D eigenvalue weighted by Gasteiger charge is 2.08. The molecule has 0 aliphatic carbocycles. The second kappa shape index (κ2) is 4.07. The van der Waals surface area contributed by atoms with E-state index in [1.165, 1.54) is 0 Å². The Morgan fingerprint density at radius 1 is 1.11 bits per heavy atom. The van der Waals surface area contributed by atoms with Crippen LogP contribution in [0.15, 0.2) is 48.8 Å². The normalized spacial score (nSPS) is 10.7. The van der Waals surface area contributed by atoms with Crippen LogP contribution in [0.5, 0.6) is 0 Å². The van der Waals surface area contributed by atoms with Gasteiger partial charge in [0.15, 0.2) is 0 Å². The van der Waals surface area contributed by atoms with Crippen molar-refractivity contribution in [2.45, 2.75) is 0 Å². The fourth-order valence-electron chi connectivity index (χ4n) is 2.08. The number of nitrogens with two attached hydrogens (primary N) is 1. The summed E-state index contributed by atoms with van der Waals surface area (Å²) in [5, 5.41) is 1.11. The van der Waals surface area contributed by atoms with Gasteiger partial charge in [0.2, 0.25) is 0 Å². The Labute approximate surface area is 105 Å². The first-order valence-corrected chi connectivity index (χ1v) is 5.77. The maximum absolute atomic E-state index is 5.71. The van der Waals surface area contributed by atoms with Crippen molar-refractivity contribution in [1.82, 2.24) is 9.97 Å². The lowest BCUT2D eigenvalue weighted by Gasteiger charge is -2.20. The summed E-state index contributed by atoms with van der Waals surface area (Å²) in [6.07, 6.45) is 3.71. The Kier molecular flexibility index (Phi) is 2.41. The van der Waals surface area contributed by atoms with Gasteiger partial charge < -0.3 is 15.6 Å². The van der Waals surface area contributed by atoms with Gasteiger partial charge in [-0.2, -0.15) is 0 Å². The monoisotopic (exact) mass is 238 g/mol. The molecule has 0 saturated carbocycles. The number of benzene rings is 1. The first-order valence-electron chi connectivity index (χ1n) is 5.77. The van der Waals surface area contributed by atoms with Crippen molar-refractivity contribution in [2.75, 3.05) is 17.7 Å². The number of rotatable bonds is 2. The zero-order valence-electron chi connectivity index (χ0n) is 10.1. The summed E-state index contributed by atoms with van der Waals surface area (Å²) >= 11 is 0. The average Bonchev–Trinajstić information content (AvgIpc) is 2.87. The summed E-state index contributed by atoms with van der Waals surface area (Å²) in [6, 6.07) is 11.9. The van der Waals surface area contributed by atoms with E-state index in [0.29, 0.717) is 0 Å². The number of hydrogen-bond donors (Lipinski definition) is 2. The molecule has 0 spiro atoms. The summed E-state index contributed by atoms with van der Waals surface area (Å²) in [4.78, 5) is 9.53. The van der Waals surface area contributed by atoms with Crippen molar-refractivity contribution < 1.29 is 0 Å². The Morgan fingerprint density at radius 3 is 2.67 bits per heavy atom. The van der Waals surface area contributed by atoms with E-state index in [0.717, 1.165) is 28.1 Å². The van der Waals surface area contributed by atoms with Gasteiger partial charge in [-0.3, -0.25) is 0 Å². The third kappa shape index (κ3) is 1.68. The molecular formula is C14H14N4. The van der Waals surface area contributed by atoms with Crippen LogP contribution < -0.4 is 10.6 Å². The maximum Gasteiger partial charge on any atom is 0.139 e. The highest BCUT2D eigenvalue weighted by atomic mass is 15.1. The van der Waals surface area contributed by atoms with Crippen LogP contribution in [0.2, 0.25) is 0 Å². The number of nitrogens with zero attached hydrogens (tertiary/aromatic N) is 2. The van der Waals surface area contributed by atoms with Crippen molar-refractivity contribution in [3.8, 4) is 0 Å². The number of nitrogen functional groups attached to an aromatic ring is 1. The van der Waals surface area contributed by atoms with Gasteiger partial charge in [-0.25, -0.2) is 4.98 Å². The number of H-pyrrole nitrogens is 1. The Balaban J connectivity index is 2.08. The summed E-state index contributed by atoms with van der Waals surface area (Å²) < 4.78 is 0. The van der Waals surface area contributed by atoms with E-state index in [1.807, 2.05) is 55.8 Å². The van der Waals surface area contributed by atoms with Gasteiger partial charge in [0, 0.05) is 36.2 Å². The number of pyridine rings is 1. The summed E-state index contributed by atoms with van der Waals surface area (Å²) in [5.41, 5.74) is 9.59. The molecule has 0 atom stereocenters. The minimum Gasteiger partial charge on any atom is -0.399 e. The van der Waals surface area contributed by atoms with Gasteiger partial charge in [0.05, 0.1) is 5.69 Å². The third-order valence-electron chi connectivity index (χ3n) is 3.08. The number of fused-ring (bicyclic) bond motifs is 1. The standard InChI is InChI=1S/C14H14N4/c1-18(11-4-2-10(15)3-5-11)13-7-9-17-14-12(13)6-8-16-14/h2-9H,15H2,1H3,(H,16,17). The number of aromatic nitrogens is 2. The molecule has 90 valence electrons. The van der Waals surface area contributed by atoms with Crippen molar-refractivity contribution >= 4 is 28.1 Å². The predicted molar refractivity (Wildman–Crippen MR) is 75.0 cm³/mol. The quantitative estimate of drug-likeness (QED) is 0.675. The van der Waals surface area contributed by atoms with E-state index >= 15 is 0 Å². The van der Waals surface area contributed by atoms with E-state index in [4.69, 9.17) is 5.73 Å². The van der Waals surface area contributed by atoms with Crippen molar-refractivity contribution in [3.05, 3.63) is 48.8 Å². The molecule has 2 heterocycles. The molecule has 0 fully saturated rings. The van der Waals surface area contributed by atoms with E-state index in [9.17, 15) is 0 Å². The van der Waals surface area contributed by atoms with E-state index in [2.05, 4.69) is 14.9 Å². The fraction of sp³-hybridized carbons (Fsp3) is 0.0714. The summed E-state index contributed by atoms with van der Waals surface area (Å²) in [5.74, 6) is 0. The zero-order valence-corrected chi connectivity index (χ0v) is 10.1. The smallest absolute Gasteiger partial charge is 0.139 e. The van der Waals surface area contributed by atoms with Gasteiger partial charge >= 0.3 is 0 Å². The van der Waals surface area contributed by atoms with E-state index in [-0.39, 0.29) is 0 Å². The lowest BCUT2D eigenvalue weighted by atomic mass is 10.2. The minimum atomic E-state index is 0.772. The molecule has 4 heteroatoms. The van der Waals surface area contributed by atoms with Crippen molar-refractivity contribution in [3.63, 3.8) is 0 Å². The first kappa shape index (κ1) is 10.7. The fourth-order valence-corrected chi connectivity index (χ4v) is 2.08. The van der Waals surface area contributed by atoms with E-state index < -0.39 is 0 Å². The van der Waals surface area contributed by atoms with Crippen LogP contribution in [-0.2, 0) is 0 Å². The minimum absolute atomic E-state index is 0.772. The second-order valence-electron chi connectivity index (χ2n) is 4.22. The van der Waals surface area contributed by atoms with Gasteiger partial charge in [0.1, 0.15) is 5.65 Å². The third-order valence-corrected chi connectivity index (χ3v) is 3.08. The molecule has 0 amide bonds. The van der Waals surface area contributed by atoms with Crippen LogP contribution >= 0.6 is 0 Å². The molecule has 3 aromatic rings. The molecule has 0 saturated heterocycles. The maximum atomic E-state index is 5.71. The topological polar surface area (TPSA) is 57.9 Å². The highest BCUT2D eigenvalue weighted by Crippen LogP contribution is 2.29. The van der Waals surface area contributed by atoms with Gasteiger partial charge in [-0.05, 0) is 36.4 Å². The highest BCUT2D eigenvalue weighted by molar-refractivity contribution is 5.91. The van der Waals surface area contributed by atoms with Crippen molar-refractivity contribution in [2.24, 2.45) is 0 Å². The van der Waals surface area contributed by atoms with Crippen molar-refractivity contribution in [1.29, 1.82) is 0 Å². The second-order valence-corrected chi connectivity index (χ2v) is 4.22. The lowest BCUT2D eigenvalue weighted by Crippen LogP contribution is -2.09. The van der Waals surface area contributed by atoms with Gasteiger partial charge in [-0.1, -0.05) is 0 Å². The molecule has 18 heavy (non-hydrogen) atoms. The molecular weight excluding hydrogens is 224 g/mol. The van der Waals surface area contributed by atoms with Gasteiger partial charge in [-0.15, -0.1) is 0 Å². The zero-order chi connectivity index (χ0) is 12.5. The molecule has 2 aromatic heterocycles. The first-order chi connectivity index (χ1) is 8.75. The van der Waals surface area contributed by atoms with Crippen LogP contribution in [0.4, 0.5) is 17.1 Å². The average molecular weight is 238 g/mol. The molecule has 3 rings (SSSR count). The largest absolute Gasteiger partial charge is 0.399 e. The van der Waals surface area contributed by atoms with Gasteiger partial charge in [0.25, 0.3) is 0 Å². The van der Waals surface area contributed by atoms with Crippen LogP contribution in [0.3, 0.4) is 0 Å². The van der Waals surface area contributed by atoms with Crippen LogP contribution in [0.25, 0.3) is 11.0 Å². The number of hydrogen-bond acceptors (Lipinski definition) is 3. The van der Waals surface area contributed by atoms with Crippen LogP contribution in [0.1, 0.15) is 0 Å². The molecule has 1 aromatic carbocycles. The van der Waals surface area contributed by atoms with Crippen LogP contribution in [-0.4, -0.2) is 17.0 Å². The number of anilines is 3. The lowest BCUT2D eigenvalue weighted by molar-refractivity contribution is 1.21. The molecule has 4 nitrogen and oxygen atoms in total. The summed E-state index contributed by atoms with van der Waals surface area (Å²) in [7, 11) is 2.04. The molecule has 3 N–H and O–H groups in total. The van der Waals surface area contributed by atoms with Crippen LogP contribution in [0, 0.1) is 0 Å². The predicted octanol–water partition coefficient (Wildman–Crippen LogP) is 2.91. The Hall–Kier alpha value is -2.49. The van der Waals surface area contributed by atoms with E-state index in [1.54, 1.807) is 0 Å².